The largest absolute Gasteiger partial charge is 0.382 e. The van der Waals surface area contributed by atoms with Crippen LogP contribution in [0.15, 0.2) is 0 Å². The number of hydrogen-bond acceptors (Lipinski definition) is 6. The number of fused-ring (bicyclic) bond motifs is 2. The van der Waals surface area contributed by atoms with Crippen LogP contribution in [-0.4, -0.2) is 70.1 Å². The quantitative estimate of drug-likeness (QED) is 0.637. The zero-order valence-electron chi connectivity index (χ0n) is 14.2. The monoisotopic (exact) mass is 360 g/mol. The number of ether oxygens (including phenoxy) is 4. The highest BCUT2D eigenvalue weighted by molar-refractivity contribution is 5.98. The van der Waals surface area contributed by atoms with Crippen LogP contribution >= 0.6 is 0 Å². The van der Waals surface area contributed by atoms with Crippen molar-refractivity contribution in [3.05, 3.63) is 0 Å². The topological polar surface area (TPSA) is 95.1 Å². The smallest absolute Gasteiger partial charge is 0.323 e. The number of rotatable bonds is 7. The van der Waals surface area contributed by atoms with Crippen molar-refractivity contribution in [2.75, 3.05) is 33.5 Å². The molecule has 2 heterocycles. The number of halogens is 1. The molecule has 3 fully saturated rings. The van der Waals surface area contributed by atoms with Crippen LogP contribution in [0.3, 0.4) is 0 Å². The third kappa shape index (κ3) is 4.28. The Morgan fingerprint density at radius 3 is 2.80 bits per heavy atom. The molecule has 0 aromatic rings. The molecule has 0 bridgehead atoms. The third-order valence-electron chi connectivity index (χ3n) is 5.02. The highest BCUT2D eigenvalue weighted by Gasteiger charge is 2.51. The first-order valence-electron chi connectivity index (χ1n) is 8.69. The van der Waals surface area contributed by atoms with Gasteiger partial charge in [0.25, 0.3) is 0 Å². The van der Waals surface area contributed by atoms with Gasteiger partial charge in [-0.3, -0.25) is 10.1 Å². The van der Waals surface area contributed by atoms with Gasteiger partial charge in [0.15, 0.2) is 6.17 Å². The van der Waals surface area contributed by atoms with Crippen molar-refractivity contribution in [1.82, 2.24) is 10.6 Å². The lowest BCUT2D eigenvalue weighted by Gasteiger charge is -2.47. The normalized spacial score (nSPS) is 37.7. The molecule has 0 radical (unpaired) electrons. The minimum Gasteiger partial charge on any atom is -0.382 e. The standard InChI is InChI=1S/C16H25FN2O6/c1-22-4-5-23-6-7-24-11-3-2-9-8-10-14(20)18-16(21)19-15(10)25-13(9)12(11)17/h9-13,15H,2-8H2,1H3,(H2,18,19,20,21). The van der Waals surface area contributed by atoms with Crippen LogP contribution in [0.5, 0.6) is 0 Å². The van der Waals surface area contributed by atoms with E-state index in [0.29, 0.717) is 39.3 Å². The van der Waals surface area contributed by atoms with Crippen LogP contribution in [-0.2, 0) is 23.7 Å². The molecule has 3 aliphatic rings. The van der Waals surface area contributed by atoms with Gasteiger partial charge in [0.2, 0.25) is 5.91 Å². The summed E-state index contributed by atoms with van der Waals surface area (Å²) in [5.41, 5.74) is 0. The Labute approximate surface area is 145 Å². The van der Waals surface area contributed by atoms with E-state index in [1.54, 1.807) is 7.11 Å². The van der Waals surface area contributed by atoms with Crippen molar-refractivity contribution < 1.29 is 32.9 Å². The number of nitrogens with one attached hydrogen (secondary N) is 2. The van der Waals surface area contributed by atoms with Gasteiger partial charge in [-0.05, 0) is 25.2 Å². The molecule has 2 saturated heterocycles. The lowest BCUT2D eigenvalue weighted by molar-refractivity contribution is -0.198. The fourth-order valence-electron chi connectivity index (χ4n) is 3.75. The fraction of sp³-hybridized carbons (Fsp3) is 0.875. The Bertz CT molecular complexity index is 493. The number of amides is 3. The predicted octanol–water partition coefficient (Wildman–Crippen LogP) is 0.353. The van der Waals surface area contributed by atoms with Crippen LogP contribution in [0.2, 0.25) is 0 Å². The van der Waals surface area contributed by atoms with Crippen LogP contribution < -0.4 is 10.6 Å². The lowest BCUT2D eigenvalue weighted by Crippen LogP contribution is -2.65. The zero-order valence-corrected chi connectivity index (χ0v) is 14.2. The van der Waals surface area contributed by atoms with Gasteiger partial charge < -0.3 is 24.3 Å². The first-order valence-corrected chi connectivity index (χ1v) is 8.69. The summed E-state index contributed by atoms with van der Waals surface area (Å²) < 4.78 is 36.4. The molecule has 8 nitrogen and oxygen atoms in total. The second-order valence-electron chi connectivity index (χ2n) is 6.62. The minimum atomic E-state index is -1.29. The summed E-state index contributed by atoms with van der Waals surface area (Å²) in [5.74, 6) is -0.859. The maximum atomic E-state index is 14.8. The van der Waals surface area contributed by atoms with E-state index < -0.39 is 36.6 Å². The summed E-state index contributed by atoms with van der Waals surface area (Å²) in [5, 5.41) is 4.79. The number of urea groups is 1. The fourth-order valence-corrected chi connectivity index (χ4v) is 3.75. The second-order valence-corrected chi connectivity index (χ2v) is 6.62. The van der Waals surface area contributed by atoms with Crippen molar-refractivity contribution >= 4 is 11.9 Å². The molecule has 0 spiro atoms. The van der Waals surface area contributed by atoms with E-state index in [2.05, 4.69) is 10.6 Å². The number of carbonyl (C=O) groups excluding carboxylic acids is 2. The number of imide groups is 1. The van der Waals surface area contributed by atoms with E-state index in [4.69, 9.17) is 18.9 Å². The van der Waals surface area contributed by atoms with Gasteiger partial charge in [0.05, 0.1) is 44.6 Å². The molecular weight excluding hydrogens is 335 g/mol. The molecule has 1 saturated carbocycles. The summed E-state index contributed by atoms with van der Waals surface area (Å²) in [7, 11) is 1.60. The van der Waals surface area contributed by atoms with Crippen LogP contribution in [0.1, 0.15) is 19.3 Å². The first kappa shape index (κ1) is 18.5. The van der Waals surface area contributed by atoms with Crippen molar-refractivity contribution in [2.24, 2.45) is 11.8 Å². The van der Waals surface area contributed by atoms with Crippen molar-refractivity contribution in [2.45, 2.75) is 43.9 Å². The van der Waals surface area contributed by atoms with Gasteiger partial charge in [-0.1, -0.05) is 0 Å². The molecule has 2 aliphatic heterocycles. The lowest BCUT2D eigenvalue weighted by atomic mass is 9.75. The number of hydrogen-bond donors (Lipinski definition) is 2. The molecule has 0 aromatic carbocycles. The molecule has 3 amide bonds. The van der Waals surface area contributed by atoms with Gasteiger partial charge in [0.1, 0.15) is 6.23 Å². The van der Waals surface area contributed by atoms with E-state index in [9.17, 15) is 14.0 Å². The van der Waals surface area contributed by atoms with Gasteiger partial charge in [-0.25, -0.2) is 9.18 Å². The van der Waals surface area contributed by atoms with E-state index in [1.165, 1.54) is 0 Å². The molecule has 0 aromatic heterocycles. The SMILES string of the molecule is COCCOCCOC1CCC2CC3C(=O)NC(=O)NC3OC2C1F. The van der Waals surface area contributed by atoms with Gasteiger partial charge in [-0.15, -0.1) is 0 Å². The number of alkyl halides is 1. The summed E-state index contributed by atoms with van der Waals surface area (Å²) in [6.45, 7) is 1.66. The van der Waals surface area contributed by atoms with Crippen molar-refractivity contribution in [1.29, 1.82) is 0 Å². The van der Waals surface area contributed by atoms with Gasteiger partial charge in [0, 0.05) is 7.11 Å². The maximum absolute atomic E-state index is 14.8. The Hall–Kier alpha value is -1.29. The van der Waals surface area contributed by atoms with Crippen molar-refractivity contribution in [3.8, 4) is 0 Å². The first-order chi connectivity index (χ1) is 12.1. The molecule has 6 atom stereocenters. The maximum Gasteiger partial charge on any atom is 0.323 e. The summed E-state index contributed by atoms with van der Waals surface area (Å²) in [6, 6.07) is -0.600. The van der Waals surface area contributed by atoms with Crippen LogP contribution in [0.25, 0.3) is 0 Å². The average molecular weight is 360 g/mol. The Kier molecular flexibility index (Phi) is 6.21. The Morgan fingerprint density at radius 2 is 2.00 bits per heavy atom. The number of carbonyl (C=O) groups is 2. The van der Waals surface area contributed by atoms with Gasteiger partial charge in [-0.2, -0.15) is 0 Å². The van der Waals surface area contributed by atoms with Crippen LogP contribution in [0.4, 0.5) is 9.18 Å². The Balaban J connectivity index is 1.49. The second kappa shape index (κ2) is 8.39. The highest BCUT2D eigenvalue weighted by atomic mass is 19.1. The zero-order chi connectivity index (χ0) is 17.8. The number of methoxy groups -OCH3 is 1. The predicted molar refractivity (Wildman–Crippen MR) is 83.5 cm³/mol. The molecule has 25 heavy (non-hydrogen) atoms. The molecular formula is C16H25FN2O6. The van der Waals surface area contributed by atoms with Crippen LogP contribution in [0, 0.1) is 11.8 Å². The third-order valence-corrected chi connectivity index (χ3v) is 5.02. The van der Waals surface area contributed by atoms with Crippen molar-refractivity contribution in [3.63, 3.8) is 0 Å². The van der Waals surface area contributed by atoms with E-state index in [0.717, 1.165) is 6.42 Å². The molecule has 3 rings (SSSR count). The molecule has 6 unspecified atom stereocenters. The average Bonchev–Trinajstić information content (AvgIpc) is 2.59. The summed E-state index contributed by atoms with van der Waals surface area (Å²) in [4.78, 5) is 23.3. The Morgan fingerprint density at radius 1 is 1.20 bits per heavy atom. The highest BCUT2D eigenvalue weighted by Crippen LogP contribution is 2.40. The summed E-state index contributed by atoms with van der Waals surface area (Å²) >= 11 is 0. The van der Waals surface area contributed by atoms with Gasteiger partial charge >= 0.3 is 6.03 Å². The molecule has 1 aliphatic carbocycles. The van der Waals surface area contributed by atoms with E-state index >= 15 is 0 Å². The molecule has 2 N–H and O–H groups in total. The molecule has 9 heteroatoms. The molecule has 142 valence electrons. The minimum absolute atomic E-state index is 0.0465. The summed E-state index contributed by atoms with van der Waals surface area (Å²) in [6.07, 6.45) is -1.47. The van der Waals surface area contributed by atoms with E-state index in [1.807, 2.05) is 0 Å². The van der Waals surface area contributed by atoms with E-state index in [-0.39, 0.29) is 11.8 Å².